The van der Waals surface area contributed by atoms with E-state index in [-0.39, 0.29) is 18.7 Å². The number of rotatable bonds is 6. The third-order valence-corrected chi connectivity index (χ3v) is 2.89. The number of aliphatic hydroxyl groups excluding tert-OH is 1. The Balaban J connectivity index is 2.71. The van der Waals surface area contributed by atoms with Crippen molar-refractivity contribution in [3.63, 3.8) is 0 Å². The van der Waals surface area contributed by atoms with Crippen LogP contribution in [0.25, 0.3) is 0 Å². The van der Waals surface area contributed by atoms with Crippen LogP contribution in [0.3, 0.4) is 0 Å². The number of benzene rings is 1. The standard InChI is InChI=1S/C14H21F2NO/c1-9(2)6-12(8-18)17-10(3)13-5-4-11(15)7-14(13)16/h4-5,7,9-10,12,17-18H,6,8H2,1-3H3. The molecule has 0 spiro atoms. The number of nitrogens with one attached hydrogen (secondary N) is 1. The lowest BCUT2D eigenvalue weighted by Gasteiger charge is -2.23. The zero-order chi connectivity index (χ0) is 13.7. The molecule has 0 aliphatic heterocycles. The van der Waals surface area contributed by atoms with Crippen molar-refractivity contribution < 1.29 is 13.9 Å². The molecule has 0 aliphatic rings. The van der Waals surface area contributed by atoms with Crippen LogP contribution in [-0.2, 0) is 0 Å². The molecule has 0 bridgehead atoms. The van der Waals surface area contributed by atoms with Crippen molar-refractivity contribution in [2.45, 2.75) is 39.3 Å². The van der Waals surface area contributed by atoms with Crippen LogP contribution in [-0.4, -0.2) is 17.8 Å². The van der Waals surface area contributed by atoms with Gasteiger partial charge in [-0.05, 0) is 25.3 Å². The van der Waals surface area contributed by atoms with E-state index in [1.807, 2.05) is 0 Å². The molecule has 0 saturated heterocycles. The monoisotopic (exact) mass is 257 g/mol. The Kier molecular flexibility index (Phi) is 5.69. The van der Waals surface area contributed by atoms with Crippen molar-refractivity contribution in [1.29, 1.82) is 0 Å². The van der Waals surface area contributed by atoms with Gasteiger partial charge in [-0.25, -0.2) is 8.78 Å². The van der Waals surface area contributed by atoms with Crippen molar-refractivity contribution in [3.8, 4) is 0 Å². The molecule has 0 heterocycles. The van der Waals surface area contributed by atoms with Gasteiger partial charge in [0.05, 0.1) is 6.61 Å². The van der Waals surface area contributed by atoms with Crippen LogP contribution in [0.5, 0.6) is 0 Å². The summed E-state index contributed by atoms with van der Waals surface area (Å²) in [5.41, 5.74) is 0.415. The summed E-state index contributed by atoms with van der Waals surface area (Å²) in [6, 6.07) is 3.22. The number of hydrogen-bond donors (Lipinski definition) is 2. The van der Waals surface area contributed by atoms with E-state index in [0.29, 0.717) is 11.5 Å². The minimum absolute atomic E-state index is 0.00529. The molecule has 0 aromatic heterocycles. The Hall–Kier alpha value is -1.00. The van der Waals surface area contributed by atoms with Crippen LogP contribution in [0.4, 0.5) is 8.78 Å². The van der Waals surface area contributed by atoms with Crippen LogP contribution in [0.1, 0.15) is 38.8 Å². The highest BCUT2D eigenvalue weighted by Crippen LogP contribution is 2.19. The van der Waals surface area contributed by atoms with Crippen molar-refractivity contribution >= 4 is 0 Å². The first kappa shape index (κ1) is 15.1. The van der Waals surface area contributed by atoms with Gasteiger partial charge in [-0.15, -0.1) is 0 Å². The van der Waals surface area contributed by atoms with Gasteiger partial charge in [-0.3, -0.25) is 0 Å². The van der Waals surface area contributed by atoms with E-state index < -0.39 is 11.6 Å². The number of aliphatic hydroxyl groups is 1. The van der Waals surface area contributed by atoms with Gasteiger partial charge in [-0.2, -0.15) is 0 Å². The molecule has 2 N–H and O–H groups in total. The lowest BCUT2D eigenvalue weighted by molar-refractivity contribution is 0.214. The smallest absolute Gasteiger partial charge is 0.130 e. The molecule has 0 aliphatic carbocycles. The summed E-state index contributed by atoms with van der Waals surface area (Å²) in [6.07, 6.45) is 0.809. The fourth-order valence-corrected chi connectivity index (χ4v) is 2.06. The molecule has 0 fully saturated rings. The summed E-state index contributed by atoms with van der Waals surface area (Å²) in [7, 11) is 0. The van der Waals surface area contributed by atoms with Crippen molar-refractivity contribution in [3.05, 3.63) is 35.4 Å². The van der Waals surface area contributed by atoms with E-state index in [4.69, 9.17) is 0 Å². The van der Waals surface area contributed by atoms with Gasteiger partial charge in [0.25, 0.3) is 0 Å². The van der Waals surface area contributed by atoms with E-state index >= 15 is 0 Å². The van der Waals surface area contributed by atoms with Gasteiger partial charge in [0.1, 0.15) is 11.6 Å². The summed E-state index contributed by atoms with van der Waals surface area (Å²) < 4.78 is 26.4. The Labute approximate surface area is 107 Å². The van der Waals surface area contributed by atoms with E-state index in [0.717, 1.165) is 12.5 Å². The van der Waals surface area contributed by atoms with Crippen LogP contribution in [0.2, 0.25) is 0 Å². The molecule has 0 radical (unpaired) electrons. The maximum Gasteiger partial charge on any atom is 0.130 e. The van der Waals surface area contributed by atoms with Crippen LogP contribution < -0.4 is 5.32 Å². The molecule has 4 heteroatoms. The molecule has 102 valence electrons. The lowest BCUT2D eigenvalue weighted by Crippen LogP contribution is -2.36. The van der Waals surface area contributed by atoms with E-state index in [1.54, 1.807) is 6.92 Å². The average molecular weight is 257 g/mol. The minimum atomic E-state index is -0.579. The third-order valence-electron chi connectivity index (χ3n) is 2.89. The third kappa shape index (κ3) is 4.35. The van der Waals surface area contributed by atoms with Crippen molar-refractivity contribution in [1.82, 2.24) is 5.32 Å². The highest BCUT2D eigenvalue weighted by molar-refractivity contribution is 5.21. The Morgan fingerprint density at radius 2 is 1.89 bits per heavy atom. The molecule has 18 heavy (non-hydrogen) atoms. The zero-order valence-corrected chi connectivity index (χ0v) is 11.1. The topological polar surface area (TPSA) is 32.3 Å². The van der Waals surface area contributed by atoms with Crippen LogP contribution in [0, 0.1) is 17.6 Å². The SMILES string of the molecule is CC(C)CC(CO)NC(C)c1ccc(F)cc1F. The van der Waals surface area contributed by atoms with E-state index in [2.05, 4.69) is 19.2 Å². The molecule has 2 nitrogen and oxygen atoms in total. The largest absolute Gasteiger partial charge is 0.395 e. The average Bonchev–Trinajstić information content (AvgIpc) is 2.27. The summed E-state index contributed by atoms with van der Waals surface area (Å²) in [5.74, 6) is -0.694. The van der Waals surface area contributed by atoms with Gasteiger partial charge < -0.3 is 10.4 Å². The van der Waals surface area contributed by atoms with Gasteiger partial charge >= 0.3 is 0 Å². The zero-order valence-electron chi connectivity index (χ0n) is 11.1. The normalized spacial score (nSPS) is 14.8. The second kappa shape index (κ2) is 6.81. The molecule has 1 aromatic carbocycles. The molecule has 0 amide bonds. The summed E-state index contributed by atoms with van der Waals surface area (Å²) >= 11 is 0. The maximum absolute atomic E-state index is 13.6. The quantitative estimate of drug-likeness (QED) is 0.821. The predicted octanol–water partition coefficient (Wildman–Crippen LogP) is 3.02. The number of hydrogen-bond acceptors (Lipinski definition) is 2. The van der Waals surface area contributed by atoms with Gasteiger partial charge in [0.2, 0.25) is 0 Å². The van der Waals surface area contributed by atoms with Gasteiger partial charge in [0, 0.05) is 23.7 Å². The molecular weight excluding hydrogens is 236 g/mol. The fraction of sp³-hybridized carbons (Fsp3) is 0.571. The first-order chi connectivity index (χ1) is 8.43. The van der Waals surface area contributed by atoms with Crippen LogP contribution >= 0.6 is 0 Å². The Morgan fingerprint density at radius 3 is 2.39 bits per heavy atom. The first-order valence-corrected chi connectivity index (χ1v) is 6.26. The van der Waals surface area contributed by atoms with E-state index in [9.17, 15) is 13.9 Å². The van der Waals surface area contributed by atoms with E-state index in [1.165, 1.54) is 12.1 Å². The lowest BCUT2D eigenvalue weighted by atomic mass is 10.0. The van der Waals surface area contributed by atoms with Gasteiger partial charge in [0.15, 0.2) is 0 Å². The summed E-state index contributed by atoms with van der Waals surface area (Å²) in [5, 5.41) is 12.4. The fourth-order valence-electron chi connectivity index (χ4n) is 2.06. The van der Waals surface area contributed by atoms with Crippen molar-refractivity contribution in [2.24, 2.45) is 5.92 Å². The molecule has 1 rings (SSSR count). The Bertz CT molecular complexity index is 382. The predicted molar refractivity (Wildman–Crippen MR) is 68.2 cm³/mol. The summed E-state index contributed by atoms with van der Waals surface area (Å²) in [4.78, 5) is 0. The summed E-state index contributed by atoms with van der Waals surface area (Å²) in [6.45, 7) is 5.94. The minimum Gasteiger partial charge on any atom is -0.395 e. The molecule has 0 saturated carbocycles. The second-order valence-electron chi connectivity index (χ2n) is 5.06. The van der Waals surface area contributed by atoms with Crippen LogP contribution in [0.15, 0.2) is 18.2 Å². The molecule has 2 atom stereocenters. The molecule has 2 unspecified atom stereocenters. The first-order valence-electron chi connectivity index (χ1n) is 6.26. The second-order valence-corrected chi connectivity index (χ2v) is 5.06. The molecular formula is C14H21F2NO. The maximum atomic E-state index is 13.6. The Morgan fingerprint density at radius 1 is 1.22 bits per heavy atom. The highest BCUT2D eigenvalue weighted by Gasteiger charge is 2.16. The number of halogens is 2. The van der Waals surface area contributed by atoms with Crippen molar-refractivity contribution in [2.75, 3.05) is 6.61 Å². The van der Waals surface area contributed by atoms with Gasteiger partial charge in [-0.1, -0.05) is 19.9 Å². The highest BCUT2D eigenvalue weighted by atomic mass is 19.1. The molecule has 1 aromatic rings.